The predicted molar refractivity (Wildman–Crippen MR) is 125 cm³/mol. The van der Waals surface area contributed by atoms with Crippen molar-refractivity contribution >= 4 is 5.69 Å². The molecule has 0 aliphatic carbocycles. The zero-order chi connectivity index (χ0) is 22.8. The lowest BCUT2D eigenvalue weighted by atomic mass is 10.1. The molecule has 3 heterocycles. The second-order valence-corrected chi connectivity index (χ2v) is 8.28. The molecule has 4 aromatic rings. The first-order valence-corrected chi connectivity index (χ1v) is 11.1. The van der Waals surface area contributed by atoms with E-state index in [2.05, 4.69) is 25.9 Å². The van der Waals surface area contributed by atoms with Crippen molar-refractivity contribution in [2.24, 2.45) is 0 Å². The molecule has 0 bridgehead atoms. The Balaban J connectivity index is 1.26. The maximum atomic E-state index is 13.4. The maximum absolute atomic E-state index is 13.4. The Labute approximate surface area is 191 Å². The van der Waals surface area contributed by atoms with E-state index in [9.17, 15) is 8.78 Å². The van der Waals surface area contributed by atoms with Crippen LogP contribution < -0.4 is 4.90 Å². The van der Waals surface area contributed by atoms with E-state index in [1.54, 1.807) is 30.5 Å². The van der Waals surface area contributed by atoms with Crippen molar-refractivity contribution in [3.05, 3.63) is 95.9 Å². The predicted octanol–water partition coefficient (Wildman–Crippen LogP) is 4.84. The lowest BCUT2D eigenvalue weighted by molar-refractivity contribution is 0.249. The Bertz CT molecular complexity index is 1230. The molecular formula is C26H25F2N5. The zero-order valence-electron chi connectivity index (χ0n) is 18.5. The highest BCUT2D eigenvalue weighted by Crippen LogP contribution is 2.29. The minimum atomic E-state index is -0.252. The van der Waals surface area contributed by atoms with Crippen LogP contribution in [0.1, 0.15) is 11.3 Å². The van der Waals surface area contributed by atoms with Crippen LogP contribution in [0.5, 0.6) is 0 Å². The summed E-state index contributed by atoms with van der Waals surface area (Å²) in [6.07, 6.45) is 3.68. The number of hydrogen-bond acceptors (Lipinski definition) is 4. The van der Waals surface area contributed by atoms with Gasteiger partial charge in [0.15, 0.2) is 0 Å². The number of piperazine rings is 1. The van der Waals surface area contributed by atoms with E-state index in [-0.39, 0.29) is 11.6 Å². The Morgan fingerprint density at radius 2 is 1.52 bits per heavy atom. The summed E-state index contributed by atoms with van der Waals surface area (Å²) in [6, 6.07) is 16.9. The van der Waals surface area contributed by atoms with Crippen LogP contribution in [0.2, 0.25) is 0 Å². The summed E-state index contributed by atoms with van der Waals surface area (Å²) in [5.41, 5.74) is 5.95. The SMILES string of the molecule is Cc1c(CN2CCN(c3cccnc3-c3ccc(F)cc3)CC2)cnn1-c1ccc(F)cc1. The van der Waals surface area contributed by atoms with Crippen molar-refractivity contribution in [1.29, 1.82) is 0 Å². The van der Waals surface area contributed by atoms with Gasteiger partial charge in [0, 0.05) is 55.7 Å². The van der Waals surface area contributed by atoms with E-state index in [0.29, 0.717) is 0 Å². The summed E-state index contributed by atoms with van der Waals surface area (Å²) in [4.78, 5) is 9.34. The van der Waals surface area contributed by atoms with Crippen LogP contribution in [0.3, 0.4) is 0 Å². The molecule has 2 aromatic heterocycles. The number of hydrogen-bond donors (Lipinski definition) is 0. The van der Waals surface area contributed by atoms with Gasteiger partial charge in [0.25, 0.3) is 0 Å². The minimum absolute atomic E-state index is 0.247. The number of aromatic nitrogens is 3. The van der Waals surface area contributed by atoms with Crippen molar-refractivity contribution in [2.75, 3.05) is 31.1 Å². The molecule has 0 N–H and O–H groups in total. The number of halogens is 2. The first-order chi connectivity index (χ1) is 16.1. The fraction of sp³-hybridized carbons (Fsp3) is 0.231. The average molecular weight is 446 g/mol. The number of nitrogens with zero attached hydrogens (tertiary/aromatic N) is 5. The summed E-state index contributed by atoms with van der Waals surface area (Å²) in [7, 11) is 0. The smallest absolute Gasteiger partial charge is 0.123 e. The van der Waals surface area contributed by atoms with Crippen LogP contribution >= 0.6 is 0 Å². The molecule has 0 radical (unpaired) electrons. The van der Waals surface area contributed by atoms with Crippen LogP contribution in [0.15, 0.2) is 73.1 Å². The summed E-state index contributed by atoms with van der Waals surface area (Å²) in [6.45, 7) is 6.46. The molecule has 1 saturated heterocycles. The Hall–Kier alpha value is -3.58. The number of rotatable bonds is 5. The van der Waals surface area contributed by atoms with Gasteiger partial charge in [0.1, 0.15) is 11.6 Å². The van der Waals surface area contributed by atoms with Crippen molar-refractivity contribution in [2.45, 2.75) is 13.5 Å². The summed E-state index contributed by atoms with van der Waals surface area (Å²) >= 11 is 0. The monoisotopic (exact) mass is 445 g/mol. The minimum Gasteiger partial charge on any atom is -0.367 e. The van der Waals surface area contributed by atoms with Gasteiger partial charge < -0.3 is 4.90 Å². The van der Waals surface area contributed by atoms with Gasteiger partial charge in [-0.2, -0.15) is 5.10 Å². The van der Waals surface area contributed by atoms with Crippen LogP contribution in [0.4, 0.5) is 14.5 Å². The van der Waals surface area contributed by atoms with Gasteiger partial charge in [-0.25, -0.2) is 13.5 Å². The van der Waals surface area contributed by atoms with Gasteiger partial charge in [0.05, 0.1) is 23.3 Å². The third kappa shape index (κ3) is 4.50. The molecule has 7 heteroatoms. The molecule has 1 aliphatic heterocycles. The lowest BCUT2D eigenvalue weighted by Gasteiger charge is -2.36. The normalized spacial score (nSPS) is 14.6. The van der Waals surface area contributed by atoms with Crippen molar-refractivity contribution in [1.82, 2.24) is 19.7 Å². The lowest BCUT2D eigenvalue weighted by Crippen LogP contribution is -2.46. The van der Waals surface area contributed by atoms with Gasteiger partial charge in [-0.15, -0.1) is 0 Å². The Morgan fingerprint density at radius 3 is 2.21 bits per heavy atom. The fourth-order valence-electron chi connectivity index (χ4n) is 4.31. The van der Waals surface area contributed by atoms with Gasteiger partial charge in [0.2, 0.25) is 0 Å². The molecule has 0 spiro atoms. The second-order valence-electron chi connectivity index (χ2n) is 8.28. The van der Waals surface area contributed by atoms with Crippen LogP contribution in [-0.2, 0) is 6.54 Å². The van der Waals surface area contributed by atoms with Crippen LogP contribution in [0, 0.1) is 18.6 Å². The van der Waals surface area contributed by atoms with Gasteiger partial charge in [-0.1, -0.05) is 0 Å². The highest BCUT2D eigenvalue weighted by molar-refractivity contribution is 5.75. The van der Waals surface area contributed by atoms with Crippen molar-refractivity contribution in [3.63, 3.8) is 0 Å². The summed E-state index contributed by atoms with van der Waals surface area (Å²) in [5.74, 6) is -0.499. The molecule has 0 atom stereocenters. The molecule has 1 fully saturated rings. The molecule has 0 unspecified atom stereocenters. The summed E-state index contributed by atoms with van der Waals surface area (Å²) < 4.78 is 28.5. The molecule has 2 aromatic carbocycles. The van der Waals surface area contributed by atoms with Gasteiger partial charge in [-0.3, -0.25) is 9.88 Å². The maximum Gasteiger partial charge on any atom is 0.123 e. The van der Waals surface area contributed by atoms with Crippen LogP contribution in [0.25, 0.3) is 16.9 Å². The number of pyridine rings is 1. The highest BCUT2D eigenvalue weighted by Gasteiger charge is 2.21. The quantitative estimate of drug-likeness (QED) is 0.440. The first-order valence-electron chi connectivity index (χ1n) is 11.1. The topological polar surface area (TPSA) is 37.2 Å². The molecule has 1 aliphatic rings. The first kappa shape index (κ1) is 21.3. The average Bonchev–Trinajstić information content (AvgIpc) is 3.20. The van der Waals surface area contributed by atoms with E-state index in [1.165, 1.54) is 29.8 Å². The third-order valence-corrected chi connectivity index (χ3v) is 6.19. The van der Waals surface area contributed by atoms with Crippen molar-refractivity contribution in [3.8, 4) is 16.9 Å². The molecular weight excluding hydrogens is 420 g/mol. The zero-order valence-corrected chi connectivity index (χ0v) is 18.5. The van der Waals surface area contributed by atoms with E-state index in [1.807, 2.05) is 23.9 Å². The second kappa shape index (κ2) is 9.11. The molecule has 5 nitrogen and oxygen atoms in total. The number of benzene rings is 2. The van der Waals surface area contributed by atoms with Crippen molar-refractivity contribution < 1.29 is 8.78 Å². The largest absolute Gasteiger partial charge is 0.367 e. The van der Waals surface area contributed by atoms with Gasteiger partial charge in [-0.05, 0) is 67.6 Å². The van der Waals surface area contributed by atoms with E-state index in [4.69, 9.17) is 0 Å². The number of anilines is 1. The Morgan fingerprint density at radius 1 is 0.848 bits per heavy atom. The van der Waals surface area contributed by atoms with E-state index in [0.717, 1.165) is 61.0 Å². The molecule has 5 rings (SSSR count). The third-order valence-electron chi connectivity index (χ3n) is 6.19. The molecule has 33 heavy (non-hydrogen) atoms. The van der Waals surface area contributed by atoms with Gasteiger partial charge >= 0.3 is 0 Å². The molecule has 0 amide bonds. The highest BCUT2D eigenvalue weighted by atomic mass is 19.1. The fourth-order valence-corrected chi connectivity index (χ4v) is 4.31. The van der Waals surface area contributed by atoms with E-state index < -0.39 is 0 Å². The molecule has 168 valence electrons. The molecule has 0 saturated carbocycles. The Kier molecular flexibility index (Phi) is 5.88. The van der Waals surface area contributed by atoms with E-state index >= 15 is 0 Å². The van der Waals surface area contributed by atoms with Crippen LogP contribution in [-0.4, -0.2) is 45.8 Å². The summed E-state index contributed by atoms with van der Waals surface area (Å²) in [5, 5.41) is 4.52. The standard InChI is InChI=1S/C26H25F2N5/c1-19-21(17-30-33(19)24-10-8-23(28)9-11-24)18-31-13-15-32(16-14-31)25-3-2-12-29-26(25)20-4-6-22(27)7-5-20/h2-12,17H,13-16,18H2,1H3.